The molecule has 0 spiro atoms. The van der Waals surface area contributed by atoms with Crippen molar-refractivity contribution in [2.45, 2.75) is 25.7 Å². The average Bonchev–Trinajstić information content (AvgIpc) is 2.82. The highest BCUT2D eigenvalue weighted by Gasteiger charge is 2.62. The number of methoxy groups -OCH3 is 1. The van der Waals surface area contributed by atoms with Crippen LogP contribution in [0.2, 0.25) is 0 Å². The van der Waals surface area contributed by atoms with E-state index in [4.69, 9.17) is 4.74 Å². The van der Waals surface area contributed by atoms with Gasteiger partial charge in [-0.2, -0.15) is 0 Å². The number of hydrogen-bond acceptors (Lipinski definition) is 2. The summed E-state index contributed by atoms with van der Waals surface area (Å²) in [6.07, 6.45) is 0.901. The van der Waals surface area contributed by atoms with E-state index in [1.807, 2.05) is 0 Å². The lowest BCUT2D eigenvalue weighted by Gasteiger charge is -2.21. The van der Waals surface area contributed by atoms with Crippen LogP contribution in [0.25, 0.3) is 0 Å². The Balaban J connectivity index is 2.48. The topological polar surface area (TPSA) is 29.5 Å². The van der Waals surface area contributed by atoms with E-state index in [1.54, 1.807) is 6.07 Å². The molecule has 2 rings (SSSR count). The second kappa shape index (κ2) is 3.45. The number of hydrogen-bond donors (Lipinski definition) is 1. The van der Waals surface area contributed by atoms with Crippen LogP contribution in [0, 0.1) is 11.2 Å². The van der Waals surface area contributed by atoms with Crippen LogP contribution in [0.15, 0.2) is 18.2 Å². The summed E-state index contributed by atoms with van der Waals surface area (Å²) in [5, 5.41) is 9.59. The van der Waals surface area contributed by atoms with Crippen molar-refractivity contribution < 1.29 is 14.2 Å². The first-order valence-corrected chi connectivity index (χ1v) is 5.42. The van der Waals surface area contributed by atoms with Crippen LogP contribution in [0.4, 0.5) is 4.39 Å². The molecule has 1 fully saturated rings. The summed E-state index contributed by atoms with van der Waals surface area (Å²) in [7, 11) is 1.53. The van der Waals surface area contributed by atoms with Gasteiger partial charge in [-0.05, 0) is 17.9 Å². The molecule has 0 bridgehead atoms. The van der Waals surface area contributed by atoms with Gasteiger partial charge in [0.1, 0.15) is 11.6 Å². The molecule has 3 heteroatoms. The molecule has 1 atom stereocenters. The molecule has 1 unspecified atom stereocenters. The number of halogens is 1. The minimum Gasteiger partial charge on any atom is -0.496 e. The third kappa shape index (κ3) is 1.42. The molecule has 1 aliphatic carbocycles. The Morgan fingerprint density at radius 2 is 2.06 bits per heavy atom. The number of ether oxygens (including phenoxy) is 1. The van der Waals surface area contributed by atoms with Gasteiger partial charge in [-0.25, -0.2) is 4.39 Å². The lowest BCUT2D eigenvalue weighted by Crippen LogP contribution is -2.20. The second-order valence-electron chi connectivity index (χ2n) is 5.15. The van der Waals surface area contributed by atoms with Gasteiger partial charge in [-0.15, -0.1) is 0 Å². The van der Waals surface area contributed by atoms with Crippen molar-refractivity contribution in [1.82, 2.24) is 0 Å². The Bertz CT molecular complexity index is 414. The molecule has 1 aliphatic rings. The zero-order chi connectivity index (χ0) is 12.0. The van der Waals surface area contributed by atoms with Crippen LogP contribution in [0.5, 0.6) is 5.75 Å². The number of aliphatic hydroxyl groups is 1. The maximum absolute atomic E-state index is 13.1. The monoisotopic (exact) mass is 224 g/mol. The molecular formula is C13H17FO2. The normalized spacial score (nSPS) is 26.6. The van der Waals surface area contributed by atoms with Crippen molar-refractivity contribution in [3.8, 4) is 5.75 Å². The van der Waals surface area contributed by atoms with Gasteiger partial charge in [-0.3, -0.25) is 0 Å². The molecule has 2 nitrogen and oxygen atoms in total. The molecule has 88 valence electrons. The molecule has 0 saturated heterocycles. The van der Waals surface area contributed by atoms with E-state index in [0.717, 1.165) is 12.0 Å². The molecule has 16 heavy (non-hydrogen) atoms. The van der Waals surface area contributed by atoms with Gasteiger partial charge in [0.2, 0.25) is 0 Å². The van der Waals surface area contributed by atoms with Gasteiger partial charge in [0.15, 0.2) is 0 Å². The average molecular weight is 224 g/mol. The van der Waals surface area contributed by atoms with E-state index in [2.05, 4.69) is 13.8 Å². The minimum absolute atomic E-state index is 0.0485. The molecule has 1 aromatic carbocycles. The zero-order valence-corrected chi connectivity index (χ0v) is 9.88. The van der Waals surface area contributed by atoms with Gasteiger partial charge >= 0.3 is 0 Å². The highest BCUT2D eigenvalue weighted by atomic mass is 19.1. The molecule has 1 N–H and O–H groups in total. The van der Waals surface area contributed by atoms with Crippen LogP contribution in [-0.4, -0.2) is 18.8 Å². The smallest absolute Gasteiger partial charge is 0.126 e. The lowest BCUT2D eigenvalue weighted by atomic mass is 9.88. The van der Waals surface area contributed by atoms with Crippen molar-refractivity contribution >= 4 is 0 Å². The Hall–Kier alpha value is -1.09. The Kier molecular flexibility index (Phi) is 2.46. The van der Waals surface area contributed by atoms with E-state index < -0.39 is 0 Å². The summed E-state index contributed by atoms with van der Waals surface area (Å²) >= 11 is 0. The largest absolute Gasteiger partial charge is 0.496 e. The highest BCUT2D eigenvalue weighted by Crippen LogP contribution is 2.65. The van der Waals surface area contributed by atoms with Gasteiger partial charge in [0.25, 0.3) is 0 Å². The van der Waals surface area contributed by atoms with E-state index in [1.165, 1.54) is 19.2 Å². The zero-order valence-electron chi connectivity index (χ0n) is 9.88. The minimum atomic E-state index is -0.313. The predicted octanol–water partition coefficient (Wildman–Crippen LogP) is 2.49. The van der Waals surface area contributed by atoms with E-state index in [-0.39, 0.29) is 23.3 Å². The van der Waals surface area contributed by atoms with Crippen molar-refractivity contribution in [2.75, 3.05) is 13.7 Å². The van der Waals surface area contributed by atoms with Crippen LogP contribution >= 0.6 is 0 Å². The van der Waals surface area contributed by atoms with Crippen molar-refractivity contribution in [1.29, 1.82) is 0 Å². The molecule has 1 saturated carbocycles. The van der Waals surface area contributed by atoms with E-state index in [9.17, 15) is 9.50 Å². The van der Waals surface area contributed by atoms with Crippen LogP contribution in [-0.2, 0) is 5.41 Å². The van der Waals surface area contributed by atoms with Crippen molar-refractivity contribution in [3.63, 3.8) is 0 Å². The van der Waals surface area contributed by atoms with Gasteiger partial charge in [0.05, 0.1) is 13.7 Å². The fourth-order valence-electron chi connectivity index (χ4n) is 2.59. The summed E-state index contributed by atoms with van der Waals surface area (Å²) < 4.78 is 18.3. The summed E-state index contributed by atoms with van der Waals surface area (Å²) in [5.41, 5.74) is 0.683. The third-order valence-corrected chi connectivity index (χ3v) is 3.86. The molecule has 0 aromatic heterocycles. The van der Waals surface area contributed by atoms with Crippen molar-refractivity contribution in [2.24, 2.45) is 5.41 Å². The second-order valence-corrected chi connectivity index (χ2v) is 5.15. The quantitative estimate of drug-likeness (QED) is 0.854. The maximum atomic E-state index is 13.1. The predicted molar refractivity (Wildman–Crippen MR) is 60.1 cm³/mol. The number of aliphatic hydroxyl groups excluding tert-OH is 1. The molecule has 0 heterocycles. The first-order chi connectivity index (χ1) is 7.47. The van der Waals surface area contributed by atoms with Crippen LogP contribution in [0.3, 0.4) is 0 Å². The number of rotatable bonds is 3. The fraction of sp³-hybridized carbons (Fsp3) is 0.538. The first kappa shape index (κ1) is 11.4. The third-order valence-electron chi connectivity index (χ3n) is 3.86. The molecule has 0 amide bonds. The SMILES string of the molecule is COc1cc(F)ccc1C1(CO)CC1(C)C. The first-order valence-electron chi connectivity index (χ1n) is 5.42. The standard InChI is InChI=1S/C13H17FO2/c1-12(2)7-13(12,8-15)10-5-4-9(14)6-11(10)16-3/h4-6,15H,7-8H2,1-3H3. The fourth-order valence-corrected chi connectivity index (χ4v) is 2.59. The number of benzene rings is 1. The molecule has 0 radical (unpaired) electrons. The van der Waals surface area contributed by atoms with Gasteiger partial charge in [-0.1, -0.05) is 19.9 Å². The lowest BCUT2D eigenvalue weighted by molar-refractivity contribution is 0.227. The van der Waals surface area contributed by atoms with E-state index in [0.29, 0.717) is 5.75 Å². The summed E-state index contributed by atoms with van der Waals surface area (Å²) in [4.78, 5) is 0. The Morgan fingerprint density at radius 1 is 1.44 bits per heavy atom. The Morgan fingerprint density at radius 3 is 2.50 bits per heavy atom. The molecular weight excluding hydrogens is 207 g/mol. The highest BCUT2D eigenvalue weighted by molar-refractivity contribution is 5.47. The van der Waals surface area contributed by atoms with Crippen LogP contribution < -0.4 is 4.74 Å². The van der Waals surface area contributed by atoms with Crippen molar-refractivity contribution in [3.05, 3.63) is 29.6 Å². The van der Waals surface area contributed by atoms with Gasteiger partial charge < -0.3 is 9.84 Å². The summed E-state index contributed by atoms with van der Waals surface area (Å²) in [6, 6.07) is 4.52. The maximum Gasteiger partial charge on any atom is 0.126 e. The van der Waals surface area contributed by atoms with E-state index >= 15 is 0 Å². The van der Waals surface area contributed by atoms with Gasteiger partial charge in [0, 0.05) is 17.0 Å². The summed E-state index contributed by atoms with van der Waals surface area (Å²) in [5.74, 6) is 0.215. The molecule has 0 aliphatic heterocycles. The van der Waals surface area contributed by atoms with Crippen LogP contribution in [0.1, 0.15) is 25.8 Å². The Labute approximate surface area is 95.1 Å². The summed E-state index contributed by atoms with van der Waals surface area (Å²) in [6.45, 7) is 4.28. The molecule has 1 aromatic rings.